The van der Waals surface area contributed by atoms with Gasteiger partial charge in [0.1, 0.15) is 35.1 Å². The summed E-state index contributed by atoms with van der Waals surface area (Å²) in [6.07, 6.45) is 2.89. The van der Waals surface area contributed by atoms with Crippen LogP contribution in [0.4, 0.5) is 4.79 Å². The molecule has 1 aromatic carbocycles. The molecule has 3 N–H and O–H groups in total. The molecule has 300 valence electrons. The summed E-state index contributed by atoms with van der Waals surface area (Å²) in [7, 11) is -3.97. The summed E-state index contributed by atoms with van der Waals surface area (Å²) in [6, 6.07) is 4.65. The second-order valence-electron chi connectivity index (χ2n) is 15.6. The Labute approximate surface area is 322 Å². The van der Waals surface area contributed by atoms with Gasteiger partial charge in [0.2, 0.25) is 27.7 Å². The zero-order chi connectivity index (χ0) is 40.9. The molecule has 4 amide bonds. The molecule has 1 aliphatic carbocycles. The average molecular weight is 784 g/mol. The van der Waals surface area contributed by atoms with Crippen LogP contribution in [0.25, 0.3) is 10.8 Å². The minimum Gasteiger partial charge on any atom is -0.491 e. The maximum Gasteiger partial charge on any atom is 0.408 e. The number of rotatable bonds is 16. The number of carbonyl (C=O) groups is 5. The molecule has 1 aromatic heterocycles. The van der Waals surface area contributed by atoms with E-state index in [2.05, 4.69) is 22.2 Å². The Morgan fingerprint density at radius 1 is 1.07 bits per heavy atom. The van der Waals surface area contributed by atoms with Gasteiger partial charge in [0.05, 0.1) is 17.9 Å². The topological polar surface area (TPSA) is 199 Å². The molecule has 1 saturated heterocycles. The summed E-state index contributed by atoms with van der Waals surface area (Å²) >= 11 is 0. The number of fused-ring (bicyclic) bond motifs is 1. The quantitative estimate of drug-likeness (QED) is 0.163. The maximum absolute atomic E-state index is 14.5. The van der Waals surface area contributed by atoms with Gasteiger partial charge in [-0.25, -0.2) is 18.2 Å². The molecular formula is C39H53N5O10S. The van der Waals surface area contributed by atoms with Crippen molar-refractivity contribution in [1.82, 2.24) is 25.2 Å². The fourth-order valence-electron chi connectivity index (χ4n) is 5.93. The van der Waals surface area contributed by atoms with Crippen molar-refractivity contribution >= 4 is 50.4 Å². The number of pyridine rings is 1. The third-order valence-electron chi connectivity index (χ3n) is 8.78. The summed E-state index contributed by atoms with van der Waals surface area (Å²) in [5, 5.41) is 5.89. The first kappa shape index (κ1) is 42.7. The number of hydrogen-bond acceptors (Lipinski definition) is 11. The lowest BCUT2D eigenvalue weighted by Gasteiger charge is -2.32. The number of alkyl carbamates (subject to hydrolysis) is 1. The summed E-state index contributed by atoms with van der Waals surface area (Å²) in [5.41, 5.74) is -2.04. The molecule has 2 heterocycles. The minimum absolute atomic E-state index is 0.0456. The highest BCUT2D eigenvalue weighted by Crippen LogP contribution is 2.32. The van der Waals surface area contributed by atoms with E-state index in [1.165, 1.54) is 17.9 Å². The van der Waals surface area contributed by atoms with Crippen LogP contribution in [-0.4, -0.2) is 95.1 Å². The van der Waals surface area contributed by atoms with Crippen LogP contribution in [0.3, 0.4) is 0 Å². The number of amides is 4. The molecule has 2 aliphatic rings. The molecular weight excluding hydrogens is 731 g/mol. The number of benzene rings is 1. The van der Waals surface area contributed by atoms with Crippen LogP contribution in [0, 0.1) is 0 Å². The average Bonchev–Trinajstić information content (AvgIpc) is 3.86. The number of nitrogens with zero attached hydrogens (tertiary/aromatic N) is 2. The first-order valence-electron chi connectivity index (χ1n) is 18.3. The monoisotopic (exact) mass is 783 g/mol. The summed E-state index contributed by atoms with van der Waals surface area (Å²) in [4.78, 5) is 73.2. The molecule has 55 heavy (non-hydrogen) atoms. The number of ketones is 1. The molecule has 0 unspecified atom stereocenters. The van der Waals surface area contributed by atoms with Gasteiger partial charge < -0.3 is 29.7 Å². The van der Waals surface area contributed by atoms with E-state index in [1.807, 2.05) is 24.6 Å². The zero-order valence-electron chi connectivity index (χ0n) is 32.8. The Balaban J connectivity index is 1.67. The van der Waals surface area contributed by atoms with Crippen LogP contribution in [0.5, 0.6) is 11.6 Å². The van der Waals surface area contributed by atoms with E-state index in [4.69, 9.17) is 14.2 Å². The fourth-order valence-corrected chi connectivity index (χ4v) is 7.32. The van der Waals surface area contributed by atoms with Crippen molar-refractivity contribution in [2.24, 2.45) is 0 Å². The predicted molar refractivity (Wildman–Crippen MR) is 206 cm³/mol. The standard InChI is InChI=1S/C39H53N5O10S/c1-10-39(9,36(48)43-55(50,51)29-13-14-29)42-33(46)32-21-28(53-34-30-15-12-27(52-24(4)5)20-25(30)17-18-40-34)22-44(32)35(47)31(16-11-26(45)19-23(2)3)41-37(49)54-38(6,7)8/h10,12,15,17-20,24,28-29,31-32H,1,11,13-14,16,21-22H2,2-9H3,(H,41,49)(H,42,46)(H,43,48)/t28-,31+,32+,39-/m1/s1. The predicted octanol–water partition coefficient (Wildman–Crippen LogP) is 4.25. The van der Waals surface area contributed by atoms with Crippen LogP contribution in [0.15, 0.2) is 54.8 Å². The molecule has 4 atom stereocenters. The van der Waals surface area contributed by atoms with Gasteiger partial charge in [0, 0.05) is 24.4 Å². The first-order valence-corrected chi connectivity index (χ1v) is 19.9. The number of allylic oxidation sites excluding steroid dienone is 2. The van der Waals surface area contributed by atoms with E-state index >= 15 is 0 Å². The Bertz CT molecular complexity index is 1950. The molecule has 15 nitrogen and oxygen atoms in total. The Morgan fingerprint density at radius 3 is 2.36 bits per heavy atom. The molecule has 2 aromatic rings. The number of ether oxygens (including phenoxy) is 3. The third-order valence-corrected chi connectivity index (χ3v) is 10.6. The highest BCUT2D eigenvalue weighted by atomic mass is 32.2. The van der Waals surface area contributed by atoms with Crippen LogP contribution in [0.2, 0.25) is 0 Å². The van der Waals surface area contributed by atoms with Crippen LogP contribution in [-0.2, 0) is 33.9 Å². The molecule has 1 saturated carbocycles. The van der Waals surface area contributed by atoms with Crippen LogP contribution in [0.1, 0.15) is 87.5 Å². The highest BCUT2D eigenvalue weighted by molar-refractivity contribution is 7.91. The molecule has 4 rings (SSSR count). The van der Waals surface area contributed by atoms with E-state index in [1.54, 1.807) is 59.0 Å². The smallest absolute Gasteiger partial charge is 0.408 e. The first-order chi connectivity index (χ1) is 25.6. The number of nitrogens with one attached hydrogen (secondary N) is 3. The Morgan fingerprint density at radius 2 is 1.76 bits per heavy atom. The van der Waals surface area contributed by atoms with E-state index in [9.17, 15) is 32.4 Å². The van der Waals surface area contributed by atoms with Gasteiger partial charge in [-0.1, -0.05) is 11.6 Å². The molecule has 1 aliphatic heterocycles. The zero-order valence-corrected chi connectivity index (χ0v) is 33.6. The minimum atomic E-state index is -3.97. The van der Waals surface area contributed by atoms with Crippen molar-refractivity contribution in [3.05, 3.63) is 54.8 Å². The van der Waals surface area contributed by atoms with Crippen molar-refractivity contribution in [2.75, 3.05) is 6.54 Å². The number of carbonyl (C=O) groups excluding carboxylic acids is 5. The van der Waals surface area contributed by atoms with E-state index in [0.717, 1.165) is 17.0 Å². The van der Waals surface area contributed by atoms with Gasteiger partial charge in [-0.3, -0.25) is 23.9 Å². The fraction of sp³-hybridized carbons (Fsp3) is 0.538. The molecule has 0 bridgehead atoms. The van der Waals surface area contributed by atoms with Crippen molar-refractivity contribution in [1.29, 1.82) is 0 Å². The van der Waals surface area contributed by atoms with Crippen molar-refractivity contribution < 1.29 is 46.6 Å². The van der Waals surface area contributed by atoms with E-state index in [-0.39, 0.29) is 43.6 Å². The van der Waals surface area contributed by atoms with Gasteiger partial charge in [0.25, 0.3) is 5.91 Å². The second kappa shape index (κ2) is 17.2. The number of hydrogen-bond donors (Lipinski definition) is 3. The Hall–Kier alpha value is -4.99. The van der Waals surface area contributed by atoms with Crippen molar-refractivity contribution in [2.45, 2.75) is 128 Å². The van der Waals surface area contributed by atoms with Gasteiger partial charge in [-0.05, 0) is 110 Å². The van der Waals surface area contributed by atoms with Gasteiger partial charge >= 0.3 is 6.09 Å². The van der Waals surface area contributed by atoms with Gasteiger partial charge in [-0.15, -0.1) is 6.58 Å². The maximum atomic E-state index is 14.5. The molecule has 16 heteroatoms. The normalized spacial score (nSPS) is 18.7. The lowest BCUT2D eigenvalue weighted by molar-refractivity contribution is -0.141. The lowest BCUT2D eigenvalue weighted by Crippen LogP contribution is -2.61. The number of likely N-dealkylation sites (tertiary alicyclic amines) is 1. The summed E-state index contributed by atoms with van der Waals surface area (Å²) in [5.74, 6) is -1.90. The van der Waals surface area contributed by atoms with Crippen LogP contribution >= 0.6 is 0 Å². The van der Waals surface area contributed by atoms with Crippen molar-refractivity contribution in [3.8, 4) is 11.6 Å². The number of aromatic nitrogens is 1. The summed E-state index contributed by atoms with van der Waals surface area (Å²) < 4.78 is 44.9. The summed E-state index contributed by atoms with van der Waals surface area (Å²) in [6.45, 7) is 17.1. The Kier molecular flexibility index (Phi) is 13.4. The van der Waals surface area contributed by atoms with Crippen LogP contribution < -0.4 is 24.8 Å². The number of sulfonamides is 1. The third kappa shape index (κ3) is 11.7. The second-order valence-corrected chi connectivity index (χ2v) is 17.6. The van der Waals surface area contributed by atoms with Crippen molar-refractivity contribution in [3.63, 3.8) is 0 Å². The SMILES string of the molecule is C=C[C@@](C)(NC(=O)[C@@H]1C[C@@H](Oc2nccc3cc(OC(C)C)ccc23)CN1C(=O)[C@H](CCC(=O)C=C(C)C)NC(=O)OC(C)(C)C)C(=O)NS(=O)(=O)C1CC1. The molecule has 2 fully saturated rings. The van der Waals surface area contributed by atoms with Gasteiger partial charge in [-0.2, -0.15) is 0 Å². The lowest BCUT2D eigenvalue weighted by atomic mass is 10.0. The van der Waals surface area contributed by atoms with E-state index < -0.39 is 68.4 Å². The molecule has 0 spiro atoms. The highest BCUT2D eigenvalue weighted by Gasteiger charge is 2.47. The van der Waals surface area contributed by atoms with Gasteiger partial charge in [0.15, 0.2) is 5.78 Å². The molecule has 0 radical (unpaired) electrons. The largest absolute Gasteiger partial charge is 0.491 e. The van der Waals surface area contributed by atoms with E-state index in [0.29, 0.717) is 24.0 Å².